The van der Waals surface area contributed by atoms with Gasteiger partial charge in [0.05, 0.1) is 6.61 Å². The van der Waals surface area contributed by atoms with Gasteiger partial charge >= 0.3 is 7.12 Å². The van der Waals surface area contributed by atoms with Crippen molar-refractivity contribution in [3.63, 3.8) is 0 Å². The molecule has 2 aromatic rings. The molecule has 0 radical (unpaired) electrons. The van der Waals surface area contributed by atoms with E-state index in [1.54, 1.807) is 11.3 Å². The van der Waals surface area contributed by atoms with E-state index in [4.69, 9.17) is 16.3 Å². The first-order valence-electron chi connectivity index (χ1n) is 5.32. The molecule has 0 fully saturated rings. The Kier molecular flexibility index (Phi) is 2.75. The van der Waals surface area contributed by atoms with E-state index in [0.717, 1.165) is 22.2 Å². The lowest BCUT2D eigenvalue weighted by Crippen LogP contribution is -2.28. The summed E-state index contributed by atoms with van der Waals surface area (Å²) in [5.74, 6) is 0. The minimum atomic E-state index is -0.819. The zero-order valence-corrected chi connectivity index (χ0v) is 10.8. The van der Waals surface area contributed by atoms with Gasteiger partial charge in [-0.05, 0) is 45.9 Å². The van der Waals surface area contributed by atoms with Crippen LogP contribution in [0.5, 0.6) is 0 Å². The zero-order valence-electron chi connectivity index (χ0n) is 9.24. The van der Waals surface area contributed by atoms with Gasteiger partial charge in [-0.3, -0.25) is 0 Å². The Morgan fingerprint density at radius 3 is 2.88 bits per heavy atom. The topological polar surface area (TPSA) is 29.5 Å². The van der Waals surface area contributed by atoms with E-state index < -0.39 is 7.12 Å². The maximum absolute atomic E-state index is 9.70. The maximum atomic E-state index is 9.70. The van der Waals surface area contributed by atoms with Crippen molar-refractivity contribution in [3.05, 3.63) is 39.0 Å². The number of fused-ring (bicyclic) bond motifs is 1. The summed E-state index contributed by atoms with van der Waals surface area (Å²) in [4.78, 5) is 0. The molecule has 1 aromatic heterocycles. The Hall–Kier alpha value is -0.805. The van der Waals surface area contributed by atoms with E-state index >= 15 is 0 Å². The van der Waals surface area contributed by atoms with Gasteiger partial charge in [-0.1, -0.05) is 17.7 Å². The van der Waals surface area contributed by atoms with Crippen LogP contribution in [0.25, 0.3) is 11.1 Å². The Morgan fingerprint density at radius 2 is 2.18 bits per heavy atom. The van der Waals surface area contributed by atoms with Gasteiger partial charge in [0.15, 0.2) is 0 Å². The third-order valence-electron chi connectivity index (χ3n) is 3.04. The lowest BCUT2D eigenvalue weighted by Gasteiger charge is -2.07. The number of aryl methyl sites for hydroxylation is 1. The van der Waals surface area contributed by atoms with E-state index in [-0.39, 0.29) is 0 Å². The lowest BCUT2D eigenvalue weighted by atomic mass is 9.78. The Morgan fingerprint density at radius 1 is 1.35 bits per heavy atom. The molecule has 5 heteroatoms. The second kappa shape index (κ2) is 4.14. The van der Waals surface area contributed by atoms with Crippen LogP contribution in [0.2, 0.25) is 5.02 Å². The van der Waals surface area contributed by atoms with Crippen LogP contribution in [-0.2, 0) is 11.3 Å². The van der Waals surface area contributed by atoms with Crippen molar-refractivity contribution in [2.24, 2.45) is 0 Å². The highest BCUT2D eigenvalue weighted by Crippen LogP contribution is 2.33. The first kappa shape index (κ1) is 11.3. The quantitative estimate of drug-likeness (QED) is 0.802. The van der Waals surface area contributed by atoms with Gasteiger partial charge in [0.25, 0.3) is 0 Å². The second-order valence-electron chi connectivity index (χ2n) is 4.16. The maximum Gasteiger partial charge on any atom is 0.491 e. The summed E-state index contributed by atoms with van der Waals surface area (Å²) in [6, 6.07) is 3.82. The van der Waals surface area contributed by atoms with E-state index in [9.17, 15) is 5.02 Å². The largest absolute Gasteiger partial charge is 0.491 e. The summed E-state index contributed by atoms with van der Waals surface area (Å²) >= 11 is 7.94. The average Bonchev–Trinajstić information content (AvgIpc) is 2.85. The summed E-state index contributed by atoms with van der Waals surface area (Å²) in [5, 5.41) is 14.6. The van der Waals surface area contributed by atoms with Crippen LogP contribution in [0.15, 0.2) is 22.9 Å². The smallest absolute Gasteiger partial charge is 0.423 e. The predicted octanol–water partition coefficient (Wildman–Crippen LogP) is 2.59. The molecule has 0 spiro atoms. The van der Waals surface area contributed by atoms with Gasteiger partial charge in [-0.25, -0.2) is 0 Å². The summed E-state index contributed by atoms with van der Waals surface area (Å²) in [5.41, 5.74) is 5.09. The molecule has 1 aromatic carbocycles. The molecule has 2 heterocycles. The molecule has 0 unspecified atom stereocenters. The fourth-order valence-corrected chi connectivity index (χ4v) is 3.22. The van der Waals surface area contributed by atoms with Crippen LogP contribution in [0.3, 0.4) is 0 Å². The molecule has 3 rings (SSSR count). The molecule has 1 aliphatic heterocycles. The van der Waals surface area contributed by atoms with Gasteiger partial charge in [-0.15, -0.1) is 0 Å². The van der Waals surface area contributed by atoms with Crippen LogP contribution in [0.4, 0.5) is 0 Å². The molecule has 2 nitrogen and oxygen atoms in total. The lowest BCUT2D eigenvalue weighted by molar-refractivity contribution is 0.275. The van der Waals surface area contributed by atoms with Gasteiger partial charge in [0, 0.05) is 10.6 Å². The van der Waals surface area contributed by atoms with Crippen molar-refractivity contribution in [2.45, 2.75) is 13.5 Å². The molecule has 0 bridgehead atoms. The van der Waals surface area contributed by atoms with Crippen molar-refractivity contribution >= 4 is 35.5 Å². The van der Waals surface area contributed by atoms with Crippen LogP contribution in [0.1, 0.15) is 11.1 Å². The van der Waals surface area contributed by atoms with Crippen LogP contribution < -0.4 is 5.46 Å². The number of rotatable bonds is 1. The third kappa shape index (κ3) is 1.81. The number of thiophene rings is 1. The minimum Gasteiger partial charge on any atom is -0.423 e. The molecule has 1 N–H and O–H groups in total. The molecular formula is C12H10BClO2S. The van der Waals surface area contributed by atoms with Crippen molar-refractivity contribution in [2.75, 3.05) is 0 Å². The van der Waals surface area contributed by atoms with Gasteiger partial charge < -0.3 is 9.68 Å². The Bertz CT molecular complexity index is 582. The first-order valence-corrected chi connectivity index (χ1v) is 6.64. The molecule has 0 saturated heterocycles. The fourth-order valence-electron chi connectivity index (χ4n) is 2.09. The molecule has 17 heavy (non-hydrogen) atoms. The summed E-state index contributed by atoms with van der Waals surface area (Å²) in [6.45, 7) is 2.49. The summed E-state index contributed by atoms with van der Waals surface area (Å²) < 4.78 is 5.18. The Balaban J connectivity index is 2.19. The minimum absolute atomic E-state index is 0.430. The van der Waals surface area contributed by atoms with E-state index in [2.05, 4.69) is 17.7 Å². The highest BCUT2D eigenvalue weighted by Gasteiger charge is 2.28. The van der Waals surface area contributed by atoms with Gasteiger partial charge in [0.1, 0.15) is 0 Å². The van der Waals surface area contributed by atoms with Crippen molar-refractivity contribution in [1.29, 1.82) is 0 Å². The van der Waals surface area contributed by atoms with E-state index in [0.29, 0.717) is 11.6 Å². The molecule has 1 aliphatic rings. The van der Waals surface area contributed by atoms with Crippen molar-refractivity contribution < 1.29 is 9.68 Å². The normalized spacial score (nSPS) is 14.2. The van der Waals surface area contributed by atoms with E-state index in [1.165, 1.54) is 5.56 Å². The first-order chi connectivity index (χ1) is 8.16. The average molecular weight is 265 g/mol. The molecule has 0 amide bonds. The van der Waals surface area contributed by atoms with Gasteiger partial charge in [0.2, 0.25) is 0 Å². The van der Waals surface area contributed by atoms with Crippen LogP contribution in [-0.4, -0.2) is 12.1 Å². The summed E-state index contributed by atoms with van der Waals surface area (Å²) in [7, 11) is -0.819. The molecule has 0 saturated carbocycles. The monoisotopic (exact) mass is 264 g/mol. The zero-order chi connectivity index (χ0) is 12.0. The number of hydrogen-bond acceptors (Lipinski definition) is 3. The number of hydrogen-bond donors (Lipinski definition) is 1. The highest BCUT2D eigenvalue weighted by atomic mass is 35.5. The second-order valence-corrected chi connectivity index (χ2v) is 5.31. The molecule has 0 aliphatic carbocycles. The van der Waals surface area contributed by atoms with E-state index in [1.807, 2.05) is 12.1 Å². The molecular weight excluding hydrogens is 254 g/mol. The molecule has 86 valence electrons. The SMILES string of the molecule is Cc1cscc1-c1cc2c(cc1Cl)COB2O. The fraction of sp³-hybridized carbons (Fsp3) is 0.167. The predicted molar refractivity (Wildman–Crippen MR) is 71.9 cm³/mol. The van der Waals surface area contributed by atoms with Crippen molar-refractivity contribution in [1.82, 2.24) is 0 Å². The van der Waals surface area contributed by atoms with Gasteiger partial charge in [-0.2, -0.15) is 11.3 Å². The standard InChI is InChI=1S/C12H10BClO2S/c1-7-5-17-6-10(7)9-3-11-8(2-12(9)14)4-16-13(11)15/h2-3,5-6,15H,4H2,1H3. The van der Waals surface area contributed by atoms with Crippen LogP contribution >= 0.6 is 22.9 Å². The third-order valence-corrected chi connectivity index (χ3v) is 4.21. The Labute approximate surface area is 109 Å². The summed E-state index contributed by atoms with van der Waals surface area (Å²) in [6.07, 6.45) is 0. The number of halogens is 1. The number of benzene rings is 1. The van der Waals surface area contributed by atoms with Crippen molar-refractivity contribution in [3.8, 4) is 11.1 Å². The highest BCUT2D eigenvalue weighted by molar-refractivity contribution is 7.08. The van der Waals surface area contributed by atoms with Crippen LogP contribution in [0, 0.1) is 6.92 Å². The molecule has 0 atom stereocenters.